The molecule has 0 bridgehead atoms. The third kappa shape index (κ3) is 3.98. The van der Waals surface area contributed by atoms with Gasteiger partial charge in [0.2, 0.25) is 0 Å². The van der Waals surface area contributed by atoms with Gasteiger partial charge in [0.1, 0.15) is 5.82 Å². The van der Waals surface area contributed by atoms with Gasteiger partial charge >= 0.3 is 0 Å². The van der Waals surface area contributed by atoms with E-state index in [1.165, 1.54) is 18.7 Å². The lowest BCUT2D eigenvalue weighted by molar-refractivity contribution is 0.501. The van der Waals surface area contributed by atoms with Crippen LogP contribution in [-0.4, -0.2) is 28.1 Å². The predicted molar refractivity (Wildman–Crippen MR) is 78.3 cm³/mol. The molecule has 1 aromatic rings. The van der Waals surface area contributed by atoms with Gasteiger partial charge in [0.05, 0.1) is 12.2 Å². The maximum Gasteiger partial charge on any atom is 0.191 e. The Labute approximate surface area is 115 Å². The molecular formula is C14H25N5. The van der Waals surface area contributed by atoms with Crippen LogP contribution in [0.5, 0.6) is 0 Å². The van der Waals surface area contributed by atoms with E-state index in [0.29, 0.717) is 0 Å². The minimum atomic E-state index is 0.00921. The first-order chi connectivity index (χ1) is 8.98. The zero-order valence-corrected chi connectivity index (χ0v) is 12.5. The summed E-state index contributed by atoms with van der Waals surface area (Å²) in [6.45, 7) is 8.19. The van der Waals surface area contributed by atoms with Crippen molar-refractivity contribution in [3.8, 4) is 0 Å². The van der Waals surface area contributed by atoms with Gasteiger partial charge in [-0.1, -0.05) is 0 Å². The van der Waals surface area contributed by atoms with E-state index < -0.39 is 0 Å². The number of fused-ring (bicyclic) bond motifs is 1. The lowest BCUT2D eigenvalue weighted by Crippen LogP contribution is -2.47. The molecule has 106 valence electrons. The van der Waals surface area contributed by atoms with Crippen molar-refractivity contribution in [2.75, 3.05) is 7.05 Å². The van der Waals surface area contributed by atoms with Crippen LogP contribution in [0.15, 0.2) is 11.2 Å². The first-order valence-electron chi connectivity index (χ1n) is 7.02. The Morgan fingerprint density at radius 3 is 2.84 bits per heavy atom. The number of guanidine groups is 1. The monoisotopic (exact) mass is 263 g/mol. The summed E-state index contributed by atoms with van der Waals surface area (Å²) in [5, 5.41) is 6.66. The number of hydrogen-bond acceptors (Lipinski definition) is 2. The Morgan fingerprint density at radius 1 is 1.42 bits per heavy atom. The number of nitrogens with one attached hydrogen (secondary N) is 2. The maximum absolute atomic E-state index is 4.67. The molecular weight excluding hydrogens is 238 g/mol. The molecule has 0 saturated heterocycles. The number of nitrogens with zero attached hydrogens (tertiary/aromatic N) is 3. The number of rotatable bonds is 2. The zero-order valence-electron chi connectivity index (χ0n) is 12.5. The van der Waals surface area contributed by atoms with Crippen LogP contribution in [0, 0.1) is 0 Å². The van der Waals surface area contributed by atoms with Gasteiger partial charge < -0.3 is 15.2 Å². The van der Waals surface area contributed by atoms with Gasteiger partial charge in [-0.3, -0.25) is 4.99 Å². The smallest absolute Gasteiger partial charge is 0.191 e. The minimum Gasteiger partial charge on any atom is -0.352 e. The number of hydrogen-bond donors (Lipinski definition) is 2. The van der Waals surface area contributed by atoms with Crippen LogP contribution in [0.2, 0.25) is 0 Å². The highest BCUT2D eigenvalue weighted by Crippen LogP contribution is 2.14. The Balaban J connectivity index is 1.92. The first-order valence-corrected chi connectivity index (χ1v) is 7.02. The second-order valence-corrected chi connectivity index (χ2v) is 6.10. The molecule has 0 saturated carbocycles. The SMILES string of the molecule is CN=C(NCc1cn2c(n1)CCCC2)NC(C)(C)C. The molecule has 5 nitrogen and oxygen atoms in total. The number of aromatic nitrogens is 2. The van der Waals surface area contributed by atoms with Crippen LogP contribution in [0.1, 0.15) is 45.1 Å². The summed E-state index contributed by atoms with van der Waals surface area (Å²) in [5.74, 6) is 2.04. The number of aliphatic imine (C=N–C) groups is 1. The summed E-state index contributed by atoms with van der Waals surface area (Å²) in [5.41, 5.74) is 1.10. The van der Waals surface area contributed by atoms with Crippen LogP contribution in [-0.2, 0) is 19.5 Å². The van der Waals surface area contributed by atoms with Gasteiger partial charge in [-0.2, -0.15) is 0 Å². The van der Waals surface area contributed by atoms with Crippen LogP contribution in [0.4, 0.5) is 0 Å². The standard InChI is InChI=1S/C14H25N5/c1-14(2,3)18-13(15-4)16-9-11-10-19-8-6-5-7-12(19)17-11/h10H,5-9H2,1-4H3,(H2,15,16,18). The van der Waals surface area contributed by atoms with Crippen molar-refractivity contribution in [1.29, 1.82) is 0 Å². The van der Waals surface area contributed by atoms with Crippen molar-refractivity contribution >= 4 is 5.96 Å². The summed E-state index contributed by atoms with van der Waals surface area (Å²) >= 11 is 0. The molecule has 0 amide bonds. The fraction of sp³-hybridized carbons (Fsp3) is 0.714. The summed E-state index contributed by atoms with van der Waals surface area (Å²) in [4.78, 5) is 8.90. The van der Waals surface area contributed by atoms with E-state index in [1.807, 2.05) is 0 Å². The Bertz CT molecular complexity index is 429. The normalized spacial score (nSPS) is 16.1. The zero-order chi connectivity index (χ0) is 13.9. The molecule has 0 aromatic carbocycles. The Hall–Kier alpha value is -1.52. The lowest BCUT2D eigenvalue weighted by atomic mass is 10.1. The molecule has 0 fully saturated rings. The molecule has 19 heavy (non-hydrogen) atoms. The molecule has 2 heterocycles. The first kappa shape index (κ1) is 13.9. The van der Waals surface area contributed by atoms with Crippen molar-refractivity contribution in [3.63, 3.8) is 0 Å². The molecule has 1 aliphatic rings. The maximum atomic E-state index is 4.67. The molecule has 2 N–H and O–H groups in total. The summed E-state index contributed by atoms with van der Waals surface area (Å²) < 4.78 is 2.28. The molecule has 0 unspecified atom stereocenters. The van der Waals surface area contributed by atoms with Gasteiger partial charge in [0, 0.05) is 31.7 Å². The molecule has 5 heteroatoms. The van der Waals surface area contributed by atoms with E-state index in [2.05, 4.69) is 52.1 Å². The highest BCUT2D eigenvalue weighted by Gasteiger charge is 2.14. The van der Waals surface area contributed by atoms with Crippen LogP contribution >= 0.6 is 0 Å². The molecule has 1 aliphatic heterocycles. The average Bonchev–Trinajstić information content (AvgIpc) is 2.75. The molecule has 0 atom stereocenters. The number of imidazole rings is 1. The molecule has 0 aliphatic carbocycles. The predicted octanol–water partition coefficient (Wildman–Crippen LogP) is 1.68. The van der Waals surface area contributed by atoms with Crippen molar-refractivity contribution in [2.24, 2.45) is 4.99 Å². The van der Waals surface area contributed by atoms with Crippen LogP contribution in [0.3, 0.4) is 0 Å². The number of aryl methyl sites for hydroxylation is 2. The van der Waals surface area contributed by atoms with E-state index >= 15 is 0 Å². The second kappa shape index (κ2) is 5.63. The third-order valence-electron chi connectivity index (χ3n) is 3.11. The Morgan fingerprint density at radius 2 is 2.21 bits per heavy atom. The van der Waals surface area contributed by atoms with Gasteiger partial charge in [-0.15, -0.1) is 0 Å². The largest absolute Gasteiger partial charge is 0.352 e. The van der Waals surface area contributed by atoms with E-state index in [9.17, 15) is 0 Å². The fourth-order valence-electron chi connectivity index (χ4n) is 2.27. The summed E-state index contributed by atoms with van der Waals surface area (Å²) in [7, 11) is 1.79. The molecule has 0 radical (unpaired) electrons. The second-order valence-electron chi connectivity index (χ2n) is 6.10. The average molecular weight is 263 g/mol. The van der Waals surface area contributed by atoms with Gasteiger partial charge in [-0.25, -0.2) is 4.98 Å². The lowest BCUT2D eigenvalue weighted by Gasteiger charge is -2.23. The minimum absolute atomic E-state index is 0.00921. The quantitative estimate of drug-likeness (QED) is 0.630. The van der Waals surface area contributed by atoms with Crippen molar-refractivity contribution in [3.05, 3.63) is 17.7 Å². The highest BCUT2D eigenvalue weighted by atomic mass is 15.2. The molecule has 1 aromatic heterocycles. The van der Waals surface area contributed by atoms with Gasteiger partial charge in [-0.05, 0) is 33.6 Å². The van der Waals surface area contributed by atoms with Crippen molar-refractivity contribution < 1.29 is 0 Å². The van der Waals surface area contributed by atoms with Gasteiger partial charge in [0.15, 0.2) is 5.96 Å². The molecule has 0 spiro atoms. The summed E-state index contributed by atoms with van der Waals surface area (Å²) in [6.07, 6.45) is 5.79. The highest BCUT2D eigenvalue weighted by molar-refractivity contribution is 5.80. The van der Waals surface area contributed by atoms with E-state index in [4.69, 9.17) is 0 Å². The molecule has 2 rings (SSSR count). The van der Waals surface area contributed by atoms with Crippen LogP contribution < -0.4 is 10.6 Å². The van der Waals surface area contributed by atoms with Crippen molar-refractivity contribution in [1.82, 2.24) is 20.2 Å². The third-order valence-corrected chi connectivity index (χ3v) is 3.11. The topological polar surface area (TPSA) is 54.2 Å². The van der Waals surface area contributed by atoms with Crippen LogP contribution in [0.25, 0.3) is 0 Å². The van der Waals surface area contributed by atoms with E-state index in [1.54, 1.807) is 7.05 Å². The summed E-state index contributed by atoms with van der Waals surface area (Å²) in [6, 6.07) is 0. The fourth-order valence-corrected chi connectivity index (χ4v) is 2.27. The van der Waals surface area contributed by atoms with Gasteiger partial charge in [0.25, 0.3) is 0 Å². The van der Waals surface area contributed by atoms with Crippen molar-refractivity contribution in [2.45, 2.75) is 58.7 Å². The Kier molecular flexibility index (Phi) is 4.12. The van der Waals surface area contributed by atoms with E-state index in [-0.39, 0.29) is 5.54 Å². The van der Waals surface area contributed by atoms with E-state index in [0.717, 1.165) is 31.2 Å².